The first-order chi connectivity index (χ1) is 28.4. The molecule has 3 saturated heterocycles. The molecular weight excluding hydrogens is 773 g/mol. The van der Waals surface area contributed by atoms with Gasteiger partial charge in [0.25, 0.3) is 0 Å². The quantitative estimate of drug-likeness (QED) is 0.0776. The lowest BCUT2D eigenvalue weighted by atomic mass is 9.82. The second-order valence-corrected chi connectivity index (χ2v) is 18.7. The zero-order chi connectivity index (χ0) is 43.5. The van der Waals surface area contributed by atoms with Gasteiger partial charge in [0, 0.05) is 68.0 Å². The molecule has 15 nitrogen and oxygen atoms in total. The van der Waals surface area contributed by atoms with E-state index in [1.165, 1.54) is 23.5 Å². The Morgan fingerprint density at radius 1 is 0.983 bits per heavy atom. The number of benzene rings is 1. The first kappa shape index (κ1) is 47.2. The minimum atomic E-state index is -0.364. The molecule has 0 saturated carbocycles. The molecule has 336 valence electrons. The predicted octanol–water partition coefficient (Wildman–Crippen LogP) is 4.16. The zero-order valence-corrected chi connectivity index (χ0v) is 37.0. The number of carbonyl (C=O) groups excluding carboxylic acids is 1. The van der Waals surface area contributed by atoms with E-state index in [0.717, 1.165) is 57.7 Å². The SMILES string of the molecule is CC1CN(c2cc(F)c(CN3CCC(C)(C)CC3)cc2F)CC2(CCN(c3cc(N/C(N)=C/N(N)CCOCCOCCOCC(=O)NC(C)C(C)(C)C)ncn3)CC2)N1. The van der Waals surface area contributed by atoms with Crippen LogP contribution in [0.5, 0.6) is 0 Å². The van der Waals surface area contributed by atoms with E-state index in [1.807, 2.05) is 17.9 Å². The Balaban J connectivity index is 1.01. The summed E-state index contributed by atoms with van der Waals surface area (Å²) in [4.78, 5) is 27.3. The molecule has 2 atom stereocenters. The lowest BCUT2D eigenvalue weighted by molar-refractivity contribution is -0.127. The topological polar surface area (TPSA) is 172 Å². The first-order valence-electron chi connectivity index (χ1n) is 21.5. The van der Waals surface area contributed by atoms with Crippen LogP contribution in [0.4, 0.5) is 26.1 Å². The molecule has 3 aliphatic rings. The molecule has 1 amide bonds. The summed E-state index contributed by atoms with van der Waals surface area (Å²) in [6.07, 6.45) is 6.79. The van der Waals surface area contributed by atoms with Gasteiger partial charge < -0.3 is 50.7 Å². The van der Waals surface area contributed by atoms with Crippen molar-refractivity contribution >= 4 is 23.2 Å². The summed E-state index contributed by atoms with van der Waals surface area (Å²) in [6.45, 7) is 21.9. The fourth-order valence-corrected chi connectivity index (χ4v) is 7.81. The first-order valence-corrected chi connectivity index (χ1v) is 21.5. The van der Waals surface area contributed by atoms with Crippen molar-refractivity contribution in [3.63, 3.8) is 0 Å². The van der Waals surface area contributed by atoms with Crippen molar-refractivity contribution in [2.75, 3.05) is 101 Å². The standard InChI is InChI=1S/C43H71F2N11O4/c1-31-25-55(36-23-34(44)33(22-35(36)45)26-53-12-8-42(6,7)9-13-53)29-43(52-31)10-14-54(15-11-43)39-24-38(48-30-49-39)51-37(46)27-56(47)16-17-58-18-19-59-20-21-60-28-40(57)50-32(2)41(3,4)5/h22-24,27,30-32,52H,8-21,25-26,28-29,46-47H2,1-7H3,(H,50,57)(H,48,49,51)/b37-27+. The van der Waals surface area contributed by atoms with Gasteiger partial charge in [-0.25, -0.2) is 24.6 Å². The van der Waals surface area contributed by atoms with Crippen LogP contribution in [0.1, 0.15) is 79.7 Å². The number of amides is 1. The van der Waals surface area contributed by atoms with Crippen molar-refractivity contribution in [2.24, 2.45) is 22.4 Å². The van der Waals surface area contributed by atoms with Crippen molar-refractivity contribution in [3.05, 3.63) is 53.7 Å². The van der Waals surface area contributed by atoms with Crippen LogP contribution in [0.15, 0.2) is 36.5 Å². The van der Waals surface area contributed by atoms with E-state index in [9.17, 15) is 4.79 Å². The van der Waals surface area contributed by atoms with Crippen molar-refractivity contribution in [2.45, 2.75) is 98.3 Å². The zero-order valence-electron chi connectivity index (χ0n) is 37.0. The number of nitrogens with two attached hydrogens (primary N) is 2. The van der Waals surface area contributed by atoms with Gasteiger partial charge in [-0.2, -0.15) is 0 Å². The van der Waals surface area contributed by atoms with Crippen LogP contribution in [0.3, 0.4) is 0 Å². The number of piperazine rings is 1. The lowest BCUT2D eigenvalue weighted by Gasteiger charge is -2.51. The largest absolute Gasteiger partial charge is 0.384 e. The van der Waals surface area contributed by atoms with Crippen molar-refractivity contribution in [1.29, 1.82) is 0 Å². The van der Waals surface area contributed by atoms with E-state index < -0.39 is 0 Å². The molecule has 0 aliphatic carbocycles. The smallest absolute Gasteiger partial charge is 0.246 e. The Kier molecular flexibility index (Phi) is 16.7. The average Bonchev–Trinajstić information content (AvgIpc) is 3.17. The molecule has 7 N–H and O–H groups in total. The summed E-state index contributed by atoms with van der Waals surface area (Å²) < 4.78 is 47.8. The van der Waals surface area contributed by atoms with Gasteiger partial charge in [-0.1, -0.05) is 34.6 Å². The maximum absolute atomic E-state index is 15.7. The highest BCUT2D eigenvalue weighted by Crippen LogP contribution is 2.35. The van der Waals surface area contributed by atoms with Gasteiger partial charge >= 0.3 is 0 Å². The van der Waals surface area contributed by atoms with Gasteiger partial charge in [0.2, 0.25) is 5.91 Å². The van der Waals surface area contributed by atoms with Crippen LogP contribution in [-0.2, 0) is 25.5 Å². The van der Waals surface area contributed by atoms with Crippen LogP contribution in [0, 0.1) is 22.5 Å². The number of aromatic nitrogens is 2. The van der Waals surface area contributed by atoms with Crippen LogP contribution in [0.25, 0.3) is 0 Å². The number of carbonyl (C=O) groups is 1. The Labute approximate surface area is 355 Å². The third-order valence-corrected chi connectivity index (χ3v) is 12.0. The molecule has 1 aromatic heterocycles. The van der Waals surface area contributed by atoms with Crippen LogP contribution >= 0.6 is 0 Å². The Morgan fingerprint density at radius 3 is 2.33 bits per heavy atom. The van der Waals surface area contributed by atoms with Crippen LogP contribution < -0.4 is 37.3 Å². The monoisotopic (exact) mass is 844 g/mol. The summed E-state index contributed by atoms with van der Waals surface area (Å²) in [6, 6.07) is 4.81. The average molecular weight is 844 g/mol. The second kappa shape index (κ2) is 21.3. The maximum Gasteiger partial charge on any atom is 0.246 e. The molecule has 3 aliphatic heterocycles. The molecule has 2 aromatic rings. The minimum absolute atomic E-state index is 0.00260. The third kappa shape index (κ3) is 14.4. The summed E-state index contributed by atoms with van der Waals surface area (Å²) in [5.74, 6) is 6.87. The number of rotatable bonds is 19. The normalized spacial score (nSPS) is 20.3. The van der Waals surface area contributed by atoms with E-state index in [-0.39, 0.29) is 47.2 Å². The highest BCUT2D eigenvalue weighted by atomic mass is 19.1. The predicted molar refractivity (Wildman–Crippen MR) is 232 cm³/mol. The maximum atomic E-state index is 15.7. The van der Waals surface area contributed by atoms with E-state index in [0.29, 0.717) is 87.5 Å². The minimum Gasteiger partial charge on any atom is -0.384 e. The molecule has 0 radical (unpaired) electrons. The number of hydrogen-bond acceptors (Lipinski definition) is 14. The summed E-state index contributed by atoms with van der Waals surface area (Å²) in [7, 11) is 0. The number of hydrogen-bond donors (Lipinski definition) is 5. The number of ether oxygens (including phenoxy) is 3. The van der Waals surface area contributed by atoms with Crippen LogP contribution in [-0.4, -0.2) is 129 Å². The fraction of sp³-hybridized carbons (Fsp3) is 0.698. The van der Waals surface area contributed by atoms with E-state index in [2.05, 4.69) is 77.3 Å². The number of piperidine rings is 2. The highest BCUT2D eigenvalue weighted by Gasteiger charge is 2.41. The molecule has 2 unspecified atom stereocenters. The fourth-order valence-electron chi connectivity index (χ4n) is 7.81. The Bertz CT molecular complexity index is 1710. The highest BCUT2D eigenvalue weighted by molar-refractivity contribution is 5.77. The Morgan fingerprint density at radius 2 is 1.65 bits per heavy atom. The number of anilines is 3. The molecular formula is C43H71F2N11O4. The van der Waals surface area contributed by atoms with Crippen molar-refractivity contribution in [1.82, 2.24) is 30.5 Å². The van der Waals surface area contributed by atoms with Crippen LogP contribution in [0.2, 0.25) is 0 Å². The molecule has 4 heterocycles. The molecule has 3 fully saturated rings. The van der Waals surface area contributed by atoms with Crippen molar-refractivity contribution in [3.8, 4) is 0 Å². The van der Waals surface area contributed by atoms with Gasteiger partial charge in [-0.15, -0.1) is 0 Å². The van der Waals surface area contributed by atoms with Gasteiger partial charge in [-0.3, -0.25) is 9.69 Å². The summed E-state index contributed by atoms with van der Waals surface area (Å²) >= 11 is 0. The lowest BCUT2D eigenvalue weighted by Crippen LogP contribution is -2.67. The number of hydrazine groups is 1. The Hall–Kier alpha value is -3.87. The number of nitrogens with one attached hydrogen (secondary N) is 3. The number of halogens is 2. The molecule has 1 spiro atoms. The number of likely N-dealkylation sites (tertiary alicyclic amines) is 1. The molecule has 0 bridgehead atoms. The van der Waals surface area contributed by atoms with Gasteiger partial charge in [0.1, 0.15) is 42.0 Å². The molecule has 17 heteroatoms. The molecule has 1 aromatic carbocycles. The van der Waals surface area contributed by atoms with E-state index in [1.54, 1.807) is 6.20 Å². The van der Waals surface area contributed by atoms with E-state index in [4.69, 9.17) is 25.8 Å². The molecule has 5 rings (SSSR count). The van der Waals surface area contributed by atoms with Gasteiger partial charge in [-0.05, 0) is 69.5 Å². The van der Waals surface area contributed by atoms with E-state index >= 15 is 8.78 Å². The van der Waals surface area contributed by atoms with Gasteiger partial charge in [0.15, 0.2) is 0 Å². The molecule has 60 heavy (non-hydrogen) atoms. The van der Waals surface area contributed by atoms with Gasteiger partial charge in [0.05, 0.1) is 51.5 Å². The third-order valence-electron chi connectivity index (χ3n) is 12.0. The summed E-state index contributed by atoms with van der Waals surface area (Å²) in [5.41, 5.74) is 7.03. The second-order valence-electron chi connectivity index (χ2n) is 18.7. The number of nitrogens with zero attached hydrogens (tertiary/aromatic N) is 6. The summed E-state index contributed by atoms with van der Waals surface area (Å²) in [5, 5.41) is 11.3. The van der Waals surface area contributed by atoms with Crippen molar-refractivity contribution < 1.29 is 27.8 Å².